The molecule has 8 heteroatoms. The van der Waals surface area contributed by atoms with Crippen molar-refractivity contribution in [3.8, 4) is 0 Å². The van der Waals surface area contributed by atoms with Gasteiger partial charge in [-0.1, -0.05) is 0 Å². The van der Waals surface area contributed by atoms with Crippen LogP contribution in [0.5, 0.6) is 0 Å². The van der Waals surface area contributed by atoms with Crippen LogP contribution in [0.4, 0.5) is 4.79 Å². The minimum atomic E-state index is -1.13. The van der Waals surface area contributed by atoms with Gasteiger partial charge in [0.25, 0.3) is 0 Å². The fourth-order valence-corrected chi connectivity index (χ4v) is 2.77. The van der Waals surface area contributed by atoms with Crippen molar-refractivity contribution >= 4 is 17.9 Å². The predicted octanol–water partition coefficient (Wildman–Crippen LogP) is -1.18. The van der Waals surface area contributed by atoms with Crippen molar-refractivity contribution in [2.24, 2.45) is 11.1 Å². The summed E-state index contributed by atoms with van der Waals surface area (Å²) in [5, 5.41) is 18.6. The van der Waals surface area contributed by atoms with Gasteiger partial charge in [-0.3, -0.25) is 4.79 Å². The van der Waals surface area contributed by atoms with E-state index in [-0.39, 0.29) is 19.5 Å². The Bertz CT molecular complexity index is 454. The number of hydrogen-bond donors (Lipinski definition) is 3. The first-order valence-electron chi connectivity index (χ1n) is 6.51. The van der Waals surface area contributed by atoms with Crippen LogP contribution >= 0.6 is 0 Å². The van der Waals surface area contributed by atoms with Gasteiger partial charge in [0.1, 0.15) is 6.04 Å². The minimum Gasteiger partial charge on any atom is -0.480 e. The highest BCUT2D eigenvalue weighted by molar-refractivity contribution is 5.86. The Morgan fingerprint density at radius 3 is 2.50 bits per heavy atom. The van der Waals surface area contributed by atoms with E-state index in [9.17, 15) is 19.5 Å². The molecule has 2 heterocycles. The molecule has 0 aromatic rings. The number of carboxylic acid groups (broad SMARTS) is 1. The monoisotopic (exact) mass is 285 g/mol. The fraction of sp³-hybridized carbons (Fsp3) is 0.750. The molecule has 112 valence electrons. The largest absolute Gasteiger partial charge is 0.480 e. The number of likely N-dealkylation sites (tertiary alicyclic amines) is 2. The minimum absolute atomic E-state index is 0.000411. The quantitative estimate of drug-likeness (QED) is 0.589. The van der Waals surface area contributed by atoms with Crippen LogP contribution in [0.3, 0.4) is 0 Å². The molecule has 0 aromatic heterocycles. The number of β-amino-alcohol motifs (C(OH)–C–C–N with tert-alkyl or cyclic N) is 1. The highest BCUT2D eigenvalue weighted by atomic mass is 16.4. The normalized spacial score (nSPS) is 33.5. The maximum atomic E-state index is 12.3. The standard InChI is InChI=1S/C12H19N3O5/c1-12(10(13)19)2-3-14(6-12)11(20)15-5-7(16)4-8(15)9(17)18/h7-8,16H,2-6H2,1H3,(H2,13,19)(H,17,18)/t7?,8-,12?/m0/s1. The van der Waals surface area contributed by atoms with E-state index in [0.717, 1.165) is 4.90 Å². The molecule has 2 rings (SSSR count). The zero-order chi connectivity index (χ0) is 15.1. The molecular formula is C12H19N3O5. The molecule has 0 spiro atoms. The summed E-state index contributed by atoms with van der Waals surface area (Å²) in [4.78, 5) is 37.4. The first kappa shape index (κ1) is 14.6. The Balaban J connectivity index is 2.09. The van der Waals surface area contributed by atoms with Crippen LogP contribution in [-0.4, -0.2) is 69.7 Å². The van der Waals surface area contributed by atoms with Gasteiger partial charge in [0.15, 0.2) is 0 Å². The molecule has 20 heavy (non-hydrogen) atoms. The summed E-state index contributed by atoms with van der Waals surface area (Å²) in [6.07, 6.45) is -0.338. The number of nitrogens with zero attached hydrogens (tertiary/aromatic N) is 2. The number of urea groups is 1. The van der Waals surface area contributed by atoms with Crippen LogP contribution in [0.25, 0.3) is 0 Å². The Hall–Kier alpha value is -1.83. The second kappa shape index (κ2) is 4.93. The lowest BCUT2D eigenvalue weighted by Crippen LogP contribution is -2.48. The Labute approximate surface area is 116 Å². The number of aliphatic hydroxyl groups is 1. The lowest BCUT2D eigenvalue weighted by Gasteiger charge is -2.28. The SMILES string of the molecule is CC1(C(N)=O)CCN(C(=O)N2CC(O)C[C@H]2C(=O)O)C1. The highest BCUT2D eigenvalue weighted by Crippen LogP contribution is 2.31. The van der Waals surface area contributed by atoms with E-state index in [1.54, 1.807) is 6.92 Å². The molecule has 2 saturated heterocycles. The molecule has 0 aliphatic carbocycles. The topological polar surface area (TPSA) is 124 Å². The number of amides is 3. The summed E-state index contributed by atoms with van der Waals surface area (Å²) in [5.41, 5.74) is 4.55. The smallest absolute Gasteiger partial charge is 0.326 e. The van der Waals surface area contributed by atoms with Crippen LogP contribution in [0, 0.1) is 5.41 Å². The second-order valence-corrected chi connectivity index (χ2v) is 5.77. The molecule has 2 fully saturated rings. The van der Waals surface area contributed by atoms with E-state index >= 15 is 0 Å². The number of carboxylic acids is 1. The summed E-state index contributed by atoms with van der Waals surface area (Å²) in [7, 11) is 0. The third kappa shape index (κ3) is 2.43. The van der Waals surface area contributed by atoms with E-state index in [0.29, 0.717) is 13.0 Å². The zero-order valence-corrected chi connectivity index (χ0v) is 11.3. The van der Waals surface area contributed by atoms with Crippen LogP contribution < -0.4 is 5.73 Å². The van der Waals surface area contributed by atoms with E-state index in [1.165, 1.54) is 4.90 Å². The number of aliphatic hydroxyl groups excluding tert-OH is 1. The van der Waals surface area contributed by atoms with Gasteiger partial charge in [0.05, 0.1) is 11.5 Å². The average Bonchev–Trinajstić information content (AvgIpc) is 2.93. The number of primary amides is 1. The third-order valence-corrected chi connectivity index (χ3v) is 4.15. The molecule has 3 amide bonds. The van der Waals surface area contributed by atoms with Crippen molar-refractivity contribution in [2.45, 2.75) is 31.9 Å². The Morgan fingerprint density at radius 2 is 2.00 bits per heavy atom. The van der Waals surface area contributed by atoms with E-state index in [2.05, 4.69) is 0 Å². The highest BCUT2D eigenvalue weighted by Gasteiger charge is 2.45. The summed E-state index contributed by atoms with van der Waals surface area (Å²) < 4.78 is 0. The Kier molecular flexibility index (Phi) is 3.59. The molecule has 3 atom stereocenters. The van der Waals surface area contributed by atoms with E-state index in [1.807, 2.05) is 0 Å². The molecule has 0 aromatic carbocycles. The molecule has 0 saturated carbocycles. The molecule has 4 N–H and O–H groups in total. The molecular weight excluding hydrogens is 266 g/mol. The van der Waals surface area contributed by atoms with Gasteiger partial charge >= 0.3 is 12.0 Å². The predicted molar refractivity (Wildman–Crippen MR) is 67.6 cm³/mol. The molecule has 2 aliphatic rings. The van der Waals surface area contributed by atoms with Crippen molar-refractivity contribution in [1.29, 1.82) is 0 Å². The lowest BCUT2D eigenvalue weighted by atomic mass is 9.89. The van der Waals surface area contributed by atoms with Gasteiger partial charge in [0, 0.05) is 26.1 Å². The molecule has 2 aliphatic heterocycles. The van der Waals surface area contributed by atoms with E-state index < -0.39 is 35.5 Å². The summed E-state index contributed by atoms with van der Waals surface area (Å²) in [5.74, 6) is -1.60. The van der Waals surface area contributed by atoms with Gasteiger partial charge in [0.2, 0.25) is 5.91 Å². The maximum absolute atomic E-state index is 12.3. The molecule has 8 nitrogen and oxygen atoms in total. The number of carbonyl (C=O) groups is 3. The van der Waals surface area contributed by atoms with Crippen molar-refractivity contribution < 1.29 is 24.6 Å². The van der Waals surface area contributed by atoms with Crippen molar-refractivity contribution in [3.05, 3.63) is 0 Å². The van der Waals surface area contributed by atoms with Crippen molar-refractivity contribution in [1.82, 2.24) is 9.80 Å². The van der Waals surface area contributed by atoms with Crippen LogP contribution in [0.2, 0.25) is 0 Å². The van der Waals surface area contributed by atoms with Gasteiger partial charge in [-0.2, -0.15) is 0 Å². The number of aliphatic carboxylic acids is 1. The van der Waals surface area contributed by atoms with E-state index in [4.69, 9.17) is 10.8 Å². The fourth-order valence-electron chi connectivity index (χ4n) is 2.77. The number of nitrogens with two attached hydrogens (primary N) is 1. The number of hydrogen-bond acceptors (Lipinski definition) is 4. The maximum Gasteiger partial charge on any atom is 0.326 e. The van der Waals surface area contributed by atoms with Crippen LogP contribution in [0.1, 0.15) is 19.8 Å². The van der Waals surface area contributed by atoms with Gasteiger partial charge in [-0.15, -0.1) is 0 Å². The number of rotatable bonds is 2. The van der Waals surface area contributed by atoms with Crippen LogP contribution in [-0.2, 0) is 9.59 Å². The van der Waals surface area contributed by atoms with Crippen molar-refractivity contribution in [3.63, 3.8) is 0 Å². The summed E-state index contributed by atoms with van der Waals surface area (Å²) in [6.45, 7) is 2.23. The van der Waals surface area contributed by atoms with Crippen molar-refractivity contribution in [2.75, 3.05) is 19.6 Å². The molecule has 2 unspecified atom stereocenters. The first-order valence-corrected chi connectivity index (χ1v) is 6.51. The lowest BCUT2D eigenvalue weighted by molar-refractivity contribution is -0.141. The Morgan fingerprint density at radius 1 is 1.35 bits per heavy atom. The summed E-state index contributed by atoms with van der Waals surface area (Å²) >= 11 is 0. The number of carbonyl (C=O) groups excluding carboxylic acids is 2. The van der Waals surface area contributed by atoms with Gasteiger partial charge in [-0.25, -0.2) is 9.59 Å². The second-order valence-electron chi connectivity index (χ2n) is 5.77. The molecule has 0 radical (unpaired) electrons. The average molecular weight is 285 g/mol. The first-order chi connectivity index (χ1) is 9.24. The van der Waals surface area contributed by atoms with Crippen LogP contribution in [0.15, 0.2) is 0 Å². The summed E-state index contributed by atoms with van der Waals surface area (Å²) in [6, 6.07) is -1.48. The van der Waals surface area contributed by atoms with Gasteiger partial charge < -0.3 is 25.7 Å². The third-order valence-electron chi connectivity index (χ3n) is 4.15. The zero-order valence-electron chi connectivity index (χ0n) is 11.3. The molecule has 0 bridgehead atoms. The van der Waals surface area contributed by atoms with Gasteiger partial charge in [-0.05, 0) is 13.3 Å².